The quantitative estimate of drug-likeness (QED) is 0.576. The third-order valence-corrected chi connectivity index (χ3v) is 2.01. The van der Waals surface area contributed by atoms with E-state index in [-0.39, 0.29) is 5.69 Å². The Hall–Kier alpha value is -2.37. The minimum Gasteiger partial charge on any atom is -0.408 e. The van der Waals surface area contributed by atoms with Crippen molar-refractivity contribution in [3.05, 3.63) is 58.7 Å². The van der Waals surface area contributed by atoms with Crippen LogP contribution in [0.1, 0.15) is 5.56 Å². The number of nitro benzene ring substituents is 1. The maximum atomic E-state index is 10.4. The van der Waals surface area contributed by atoms with Gasteiger partial charge in [0.2, 0.25) is 0 Å². The van der Waals surface area contributed by atoms with Gasteiger partial charge in [0, 0.05) is 18.3 Å². The Morgan fingerprint density at radius 2 is 2.12 bits per heavy atom. The van der Waals surface area contributed by atoms with Gasteiger partial charge in [0.1, 0.15) is 12.9 Å². The summed E-state index contributed by atoms with van der Waals surface area (Å²) in [7, 11) is 0. The molecule has 6 nitrogen and oxygen atoms in total. The van der Waals surface area contributed by atoms with Crippen LogP contribution < -0.4 is 4.84 Å². The maximum absolute atomic E-state index is 10.4. The highest BCUT2D eigenvalue weighted by molar-refractivity contribution is 5.32. The predicted octanol–water partition coefficient (Wildman–Crippen LogP) is 1.42. The highest BCUT2D eigenvalue weighted by atomic mass is 16.7. The van der Waals surface area contributed by atoms with E-state index in [1.807, 2.05) is 0 Å². The van der Waals surface area contributed by atoms with E-state index in [9.17, 15) is 10.1 Å². The Morgan fingerprint density at radius 3 is 2.69 bits per heavy atom. The second-order valence-corrected chi connectivity index (χ2v) is 3.12. The molecule has 16 heavy (non-hydrogen) atoms. The first kappa shape index (κ1) is 10.2. The predicted molar refractivity (Wildman–Crippen MR) is 55.6 cm³/mol. The van der Waals surface area contributed by atoms with Crippen molar-refractivity contribution in [3.8, 4) is 0 Å². The van der Waals surface area contributed by atoms with E-state index in [1.165, 1.54) is 23.2 Å². The van der Waals surface area contributed by atoms with Crippen LogP contribution in [0.15, 0.2) is 43.0 Å². The van der Waals surface area contributed by atoms with Crippen LogP contribution in [0.5, 0.6) is 0 Å². The molecular formula is C10H9N3O3. The highest BCUT2D eigenvalue weighted by Crippen LogP contribution is 2.11. The highest BCUT2D eigenvalue weighted by Gasteiger charge is 2.03. The van der Waals surface area contributed by atoms with Crippen molar-refractivity contribution >= 4 is 5.69 Å². The second-order valence-electron chi connectivity index (χ2n) is 3.12. The summed E-state index contributed by atoms with van der Waals surface area (Å²) >= 11 is 0. The van der Waals surface area contributed by atoms with Crippen LogP contribution in [0.25, 0.3) is 0 Å². The average molecular weight is 219 g/mol. The fraction of sp³-hybridized carbons (Fsp3) is 0.100. The largest absolute Gasteiger partial charge is 0.408 e. The molecule has 0 saturated heterocycles. The van der Waals surface area contributed by atoms with Crippen LogP contribution >= 0.6 is 0 Å². The van der Waals surface area contributed by atoms with Gasteiger partial charge in [0.05, 0.1) is 11.1 Å². The van der Waals surface area contributed by atoms with Gasteiger partial charge in [-0.05, 0) is 17.7 Å². The zero-order valence-electron chi connectivity index (χ0n) is 8.31. The third-order valence-electron chi connectivity index (χ3n) is 2.01. The Bertz CT molecular complexity index is 465. The number of nitrogens with zero attached hydrogens (tertiary/aromatic N) is 3. The van der Waals surface area contributed by atoms with Gasteiger partial charge >= 0.3 is 0 Å². The first-order valence-corrected chi connectivity index (χ1v) is 4.60. The Balaban J connectivity index is 1.98. The van der Waals surface area contributed by atoms with Gasteiger partial charge in [-0.2, -0.15) is 4.73 Å². The van der Waals surface area contributed by atoms with Gasteiger partial charge in [-0.3, -0.25) is 10.1 Å². The Morgan fingerprint density at radius 1 is 1.38 bits per heavy atom. The molecule has 0 fully saturated rings. The summed E-state index contributed by atoms with van der Waals surface area (Å²) in [5.41, 5.74) is 0.936. The number of imidazole rings is 1. The summed E-state index contributed by atoms with van der Waals surface area (Å²) in [6.45, 7) is 0.342. The molecule has 0 aliphatic carbocycles. The summed E-state index contributed by atoms with van der Waals surface area (Å²) in [5, 5.41) is 10.4. The molecule has 1 heterocycles. The number of aromatic nitrogens is 2. The van der Waals surface area contributed by atoms with Crippen LogP contribution in [0.2, 0.25) is 0 Å². The summed E-state index contributed by atoms with van der Waals surface area (Å²) in [5.74, 6) is 0. The fourth-order valence-corrected chi connectivity index (χ4v) is 1.19. The monoisotopic (exact) mass is 219 g/mol. The molecule has 0 spiro atoms. The number of rotatable bonds is 4. The fourth-order valence-electron chi connectivity index (χ4n) is 1.19. The lowest BCUT2D eigenvalue weighted by atomic mass is 10.2. The van der Waals surface area contributed by atoms with Crippen molar-refractivity contribution in [2.45, 2.75) is 6.61 Å². The lowest BCUT2D eigenvalue weighted by Crippen LogP contribution is -2.08. The van der Waals surface area contributed by atoms with Crippen LogP contribution in [0, 0.1) is 10.1 Å². The number of nitro groups is 1. The molecule has 0 unspecified atom stereocenters. The molecule has 0 atom stereocenters. The Labute approximate surface area is 91.2 Å². The maximum Gasteiger partial charge on any atom is 0.269 e. The first-order chi connectivity index (χ1) is 7.75. The summed E-state index contributed by atoms with van der Waals surface area (Å²) in [6.07, 6.45) is 4.81. The third kappa shape index (κ3) is 2.35. The van der Waals surface area contributed by atoms with Crippen LogP contribution in [0.3, 0.4) is 0 Å². The molecule has 0 saturated carbocycles. The van der Waals surface area contributed by atoms with Gasteiger partial charge in [-0.1, -0.05) is 0 Å². The molecular weight excluding hydrogens is 210 g/mol. The van der Waals surface area contributed by atoms with Crippen molar-refractivity contribution < 1.29 is 9.76 Å². The molecule has 0 N–H and O–H groups in total. The average Bonchev–Trinajstić information content (AvgIpc) is 2.80. The molecule has 82 valence electrons. The van der Waals surface area contributed by atoms with Crippen molar-refractivity contribution in [1.82, 2.24) is 9.71 Å². The van der Waals surface area contributed by atoms with Crippen molar-refractivity contribution in [2.75, 3.05) is 0 Å². The van der Waals surface area contributed by atoms with Crippen LogP contribution in [-0.4, -0.2) is 14.6 Å². The lowest BCUT2D eigenvalue weighted by Gasteiger charge is -2.04. The molecule has 6 heteroatoms. The summed E-state index contributed by atoms with van der Waals surface area (Å²) in [4.78, 5) is 19.1. The SMILES string of the molecule is O=[N+]([O-])c1ccc(COn2ccnc2)cc1. The van der Waals surface area contributed by atoms with Crippen LogP contribution in [0.4, 0.5) is 5.69 Å². The van der Waals surface area contributed by atoms with E-state index in [0.717, 1.165) is 5.56 Å². The molecule has 1 aromatic carbocycles. The molecule has 0 radical (unpaired) electrons. The molecule has 0 aliphatic heterocycles. The second kappa shape index (κ2) is 4.43. The minimum absolute atomic E-state index is 0.0754. The molecule has 0 bridgehead atoms. The van der Waals surface area contributed by atoms with Gasteiger partial charge < -0.3 is 4.84 Å². The lowest BCUT2D eigenvalue weighted by molar-refractivity contribution is -0.384. The minimum atomic E-state index is -0.430. The van der Waals surface area contributed by atoms with Crippen molar-refractivity contribution in [2.24, 2.45) is 0 Å². The van der Waals surface area contributed by atoms with E-state index in [4.69, 9.17) is 4.84 Å². The zero-order chi connectivity index (χ0) is 11.4. The first-order valence-electron chi connectivity index (χ1n) is 4.60. The molecule has 2 rings (SSSR count). The van der Waals surface area contributed by atoms with Crippen molar-refractivity contribution in [1.29, 1.82) is 0 Å². The molecule has 2 aromatic rings. The van der Waals surface area contributed by atoms with E-state index >= 15 is 0 Å². The number of benzene rings is 1. The molecule has 1 aromatic heterocycles. The normalized spacial score (nSPS) is 10.0. The smallest absolute Gasteiger partial charge is 0.269 e. The number of hydrogen-bond acceptors (Lipinski definition) is 4. The van der Waals surface area contributed by atoms with Gasteiger partial charge in [-0.25, -0.2) is 4.98 Å². The summed E-state index contributed by atoms with van der Waals surface area (Å²) in [6, 6.07) is 6.23. The summed E-state index contributed by atoms with van der Waals surface area (Å²) < 4.78 is 1.47. The van der Waals surface area contributed by atoms with E-state index in [0.29, 0.717) is 6.61 Å². The van der Waals surface area contributed by atoms with E-state index < -0.39 is 4.92 Å². The van der Waals surface area contributed by atoms with Crippen molar-refractivity contribution in [3.63, 3.8) is 0 Å². The number of hydrogen-bond donors (Lipinski definition) is 0. The Kier molecular flexibility index (Phi) is 2.81. The van der Waals surface area contributed by atoms with E-state index in [2.05, 4.69) is 4.98 Å². The molecule has 0 aliphatic rings. The zero-order valence-corrected chi connectivity index (χ0v) is 8.31. The van der Waals surface area contributed by atoms with Gasteiger partial charge in [0.25, 0.3) is 5.69 Å². The van der Waals surface area contributed by atoms with Gasteiger partial charge in [-0.15, -0.1) is 0 Å². The topological polar surface area (TPSA) is 70.2 Å². The molecule has 0 amide bonds. The standard InChI is InChI=1S/C10H9N3O3/c14-13(15)10-3-1-9(2-4-10)7-16-12-6-5-11-8-12/h1-6,8H,7H2. The van der Waals surface area contributed by atoms with Gasteiger partial charge in [0.15, 0.2) is 0 Å². The van der Waals surface area contributed by atoms with E-state index in [1.54, 1.807) is 24.5 Å². The van der Waals surface area contributed by atoms with Crippen LogP contribution in [-0.2, 0) is 6.61 Å². The number of non-ortho nitro benzene ring substituents is 1.